The molecule has 23 heavy (non-hydrogen) atoms. The summed E-state index contributed by atoms with van der Waals surface area (Å²) >= 11 is 1.42. The minimum absolute atomic E-state index is 0.0720. The Morgan fingerprint density at radius 2 is 2.30 bits per heavy atom. The quantitative estimate of drug-likeness (QED) is 0.911. The van der Waals surface area contributed by atoms with Crippen LogP contribution in [0, 0.1) is 6.92 Å². The van der Waals surface area contributed by atoms with Crippen molar-refractivity contribution in [2.45, 2.75) is 19.4 Å². The van der Waals surface area contributed by atoms with Crippen LogP contribution in [-0.2, 0) is 20.7 Å². The number of aliphatic carboxylic acids is 1. The van der Waals surface area contributed by atoms with Crippen LogP contribution in [0.5, 0.6) is 0 Å². The summed E-state index contributed by atoms with van der Waals surface area (Å²) in [5.41, 5.74) is 0.655. The van der Waals surface area contributed by atoms with Gasteiger partial charge >= 0.3 is 5.97 Å². The lowest BCUT2D eigenvalue weighted by molar-refractivity contribution is -0.159. The first kappa shape index (κ1) is 15.7. The molecular formula is C15H16N2O5S. The van der Waals surface area contributed by atoms with E-state index in [1.165, 1.54) is 16.2 Å². The van der Waals surface area contributed by atoms with Crippen molar-refractivity contribution in [3.8, 4) is 10.8 Å². The number of rotatable bonds is 4. The minimum Gasteiger partial charge on any atom is -0.479 e. The molecule has 2 aromatic heterocycles. The molecule has 1 amide bonds. The van der Waals surface area contributed by atoms with Gasteiger partial charge in [-0.3, -0.25) is 4.79 Å². The van der Waals surface area contributed by atoms with Crippen molar-refractivity contribution >= 4 is 23.2 Å². The molecule has 8 heteroatoms. The van der Waals surface area contributed by atoms with Crippen molar-refractivity contribution in [3.05, 3.63) is 29.0 Å². The normalized spacial score (nSPS) is 18.1. The molecule has 1 saturated heterocycles. The van der Waals surface area contributed by atoms with E-state index in [1.807, 2.05) is 24.4 Å². The molecule has 3 rings (SSSR count). The number of hydrogen-bond acceptors (Lipinski definition) is 6. The number of carbonyl (C=O) groups excluding carboxylic acids is 1. The first-order chi connectivity index (χ1) is 11.0. The summed E-state index contributed by atoms with van der Waals surface area (Å²) in [6.07, 6.45) is -0.813. The summed E-state index contributed by atoms with van der Waals surface area (Å²) in [6.45, 7) is 2.56. The maximum atomic E-state index is 12.3. The number of nitrogens with zero attached hydrogens (tertiary/aromatic N) is 2. The minimum atomic E-state index is -1.05. The molecule has 122 valence electrons. The predicted molar refractivity (Wildman–Crippen MR) is 82.2 cm³/mol. The van der Waals surface area contributed by atoms with Gasteiger partial charge in [0.1, 0.15) is 5.76 Å². The van der Waals surface area contributed by atoms with E-state index in [9.17, 15) is 9.59 Å². The van der Waals surface area contributed by atoms with E-state index >= 15 is 0 Å². The Morgan fingerprint density at radius 1 is 1.48 bits per heavy atom. The van der Waals surface area contributed by atoms with Crippen molar-refractivity contribution in [1.29, 1.82) is 0 Å². The Bertz CT molecular complexity index is 723. The fourth-order valence-corrected chi connectivity index (χ4v) is 3.12. The number of carbonyl (C=O) groups is 2. The van der Waals surface area contributed by atoms with Gasteiger partial charge in [0.25, 0.3) is 0 Å². The van der Waals surface area contributed by atoms with Crippen LogP contribution in [0.1, 0.15) is 11.5 Å². The third-order valence-corrected chi connectivity index (χ3v) is 4.44. The van der Waals surface area contributed by atoms with E-state index < -0.39 is 12.1 Å². The molecule has 0 spiro atoms. The Labute approximate surface area is 136 Å². The molecular weight excluding hydrogens is 320 g/mol. The second-order valence-electron chi connectivity index (χ2n) is 5.27. The van der Waals surface area contributed by atoms with Gasteiger partial charge in [-0.1, -0.05) is 0 Å². The molecule has 0 aromatic carbocycles. The van der Waals surface area contributed by atoms with Crippen LogP contribution < -0.4 is 0 Å². The number of hydrogen-bond donors (Lipinski definition) is 1. The van der Waals surface area contributed by atoms with Gasteiger partial charge in [-0.2, -0.15) is 0 Å². The third-order valence-electron chi connectivity index (χ3n) is 3.53. The number of morpholine rings is 1. The molecule has 1 aliphatic rings. The Balaban J connectivity index is 1.64. The summed E-state index contributed by atoms with van der Waals surface area (Å²) in [5.74, 6) is 0.294. The largest absolute Gasteiger partial charge is 0.479 e. The van der Waals surface area contributed by atoms with Crippen LogP contribution in [-0.4, -0.2) is 52.7 Å². The van der Waals surface area contributed by atoms with Gasteiger partial charge in [0.2, 0.25) is 5.91 Å². The highest BCUT2D eigenvalue weighted by atomic mass is 32.1. The van der Waals surface area contributed by atoms with E-state index in [4.69, 9.17) is 14.3 Å². The first-order valence-electron chi connectivity index (χ1n) is 7.16. The zero-order valence-corrected chi connectivity index (χ0v) is 13.3. The van der Waals surface area contributed by atoms with Crippen molar-refractivity contribution in [1.82, 2.24) is 9.88 Å². The Morgan fingerprint density at radius 3 is 3.00 bits per heavy atom. The number of aromatic nitrogens is 1. The number of carboxylic acid groups (broad SMARTS) is 1. The number of carboxylic acids is 1. The SMILES string of the molecule is Cc1ccc(-c2nc(CC(=O)N3CCOC(C(=O)O)C3)cs2)o1. The summed E-state index contributed by atoms with van der Waals surface area (Å²) in [6, 6.07) is 3.71. The Kier molecular flexibility index (Phi) is 4.44. The van der Waals surface area contributed by atoms with Crippen molar-refractivity contribution in [2.24, 2.45) is 0 Å². The number of amides is 1. The number of ether oxygens (including phenoxy) is 1. The molecule has 1 fully saturated rings. The van der Waals surface area contributed by atoms with Gasteiger partial charge in [0, 0.05) is 11.9 Å². The van der Waals surface area contributed by atoms with Crippen LogP contribution in [0.2, 0.25) is 0 Å². The summed E-state index contributed by atoms with van der Waals surface area (Å²) < 4.78 is 10.6. The van der Waals surface area contributed by atoms with Gasteiger partial charge < -0.3 is 19.2 Å². The van der Waals surface area contributed by atoms with Gasteiger partial charge in [-0.05, 0) is 19.1 Å². The molecule has 1 unspecified atom stereocenters. The topological polar surface area (TPSA) is 92.9 Å². The monoisotopic (exact) mass is 336 g/mol. The molecule has 0 saturated carbocycles. The summed E-state index contributed by atoms with van der Waals surface area (Å²) in [4.78, 5) is 29.2. The van der Waals surface area contributed by atoms with E-state index in [1.54, 1.807) is 0 Å². The average molecular weight is 336 g/mol. The maximum absolute atomic E-state index is 12.3. The second-order valence-corrected chi connectivity index (χ2v) is 6.13. The highest BCUT2D eigenvalue weighted by Crippen LogP contribution is 2.26. The molecule has 1 N–H and O–H groups in total. The molecule has 0 radical (unpaired) electrons. The van der Waals surface area contributed by atoms with E-state index in [-0.39, 0.29) is 25.5 Å². The zero-order chi connectivity index (χ0) is 16.4. The van der Waals surface area contributed by atoms with E-state index in [0.29, 0.717) is 18.0 Å². The van der Waals surface area contributed by atoms with Crippen molar-refractivity contribution in [2.75, 3.05) is 19.7 Å². The predicted octanol–water partition coefficient (Wildman–Crippen LogP) is 1.57. The third kappa shape index (κ3) is 3.59. The van der Waals surface area contributed by atoms with Gasteiger partial charge in [0.15, 0.2) is 16.9 Å². The van der Waals surface area contributed by atoms with Crippen LogP contribution in [0.15, 0.2) is 21.9 Å². The lowest BCUT2D eigenvalue weighted by atomic mass is 10.2. The highest BCUT2D eigenvalue weighted by molar-refractivity contribution is 7.13. The fraction of sp³-hybridized carbons (Fsp3) is 0.400. The Hall–Kier alpha value is -2.19. The highest BCUT2D eigenvalue weighted by Gasteiger charge is 2.29. The van der Waals surface area contributed by atoms with Crippen LogP contribution in [0.3, 0.4) is 0 Å². The fourth-order valence-electron chi connectivity index (χ4n) is 2.34. The number of furan rings is 1. The second kappa shape index (κ2) is 6.51. The number of thiazole rings is 1. The molecule has 2 aromatic rings. The summed E-state index contributed by atoms with van der Waals surface area (Å²) in [5, 5.41) is 11.5. The molecule has 3 heterocycles. The standard InChI is InChI=1S/C15H16N2O5S/c1-9-2-3-11(22-9)14-16-10(8-23-14)6-13(18)17-4-5-21-12(7-17)15(19)20/h2-3,8,12H,4-7H2,1H3,(H,19,20). The molecule has 1 aliphatic heterocycles. The molecule has 1 atom stereocenters. The van der Waals surface area contributed by atoms with Crippen LogP contribution in [0.25, 0.3) is 10.8 Å². The van der Waals surface area contributed by atoms with E-state index in [2.05, 4.69) is 4.98 Å². The van der Waals surface area contributed by atoms with Gasteiger partial charge in [0.05, 0.1) is 25.3 Å². The smallest absolute Gasteiger partial charge is 0.334 e. The lowest BCUT2D eigenvalue weighted by Crippen LogP contribution is -2.49. The average Bonchev–Trinajstić information content (AvgIpc) is 3.16. The van der Waals surface area contributed by atoms with E-state index in [0.717, 1.165) is 10.8 Å². The van der Waals surface area contributed by atoms with Gasteiger partial charge in [-0.25, -0.2) is 9.78 Å². The summed E-state index contributed by atoms with van der Waals surface area (Å²) in [7, 11) is 0. The lowest BCUT2D eigenvalue weighted by Gasteiger charge is -2.30. The molecule has 7 nitrogen and oxygen atoms in total. The zero-order valence-electron chi connectivity index (χ0n) is 12.5. The van der Waals surface area contributed by atoms with Crippen LogP contribution >= 0.6 is 11.3 Å². The molecule has 0 bridgehead atoms. The maximum Gasteiger partial charge on any atom is 0.334 e. The first-order valence-corrected chi connectivity index (χ1v) is 8.04. The van der Waals surface area contributed by atoms with Crippen LogP contribution in [0.4, 0.5) is 0 Å². The van der Waals surface area contributed by atoms with Gasteiger partial charge in [-0.15, -0.1) is 11.3 Å². The number of aryl methyl sites for hydroxylation is 1. The van der Waals surface area contributed by atoms with Crippen molar-refractivity contribution in [3.63, 3.8) is 0 Å². The molecule has 0 aliphatic carbocycles. The van der Waals surface area contributed by atoms with Crippen molar-refractivity contribution < 1.29 is 23.8 Å².